The number of carbonyl (C=O) groups is 3. The molecule has 0 saturated carbocycles. The summed E-state index contributed by atoms with van der Waals surface area (Å²) >= 11 is 6.11. The number of nitrogens with zero attached hydrogens (tertiary/aromatic N) is 2. The largest absolute Gasteiger partial charge is 0.461 e. The number of likely N-dealkylation sites (tertiary alicyclic amines) is 1. The van der Waals surface area contributed by atoms with E-state index in [1.807, 2.05) is 13.8 Å². The van der Waals surface area contributed by atoms with E-state index in [2.05, 4.69) is 13.2 Å². The van der Waals surface area contributed by atoms with Gasteiger partial charge in [-0.05, 0) is 56.4 Å². The number of benzene rings is 1. The monoisotopic (exact) mass is 558 g/mol. The Morgan fingerprint density at radius 1 is 1.21 bits per heavy atom. The van der Waals surface area contributed by atoms with Gasteiger partial charge in [-0.15, -0.1) is 6.58 Å². The van der Waals surface area contributed by atoms with Crippen LogP contribution in [-0.4, -0.2) is 71.3 Å². The zero-order chi connectivity index (χ0) is 28.4. The molecule has 212 valence electrons. The van der Waals surface area contributed by atoms with E-state index in [0.29, 0.717) is 36.5 Å². The van der Waals surface area contributed by atoms with E-state index in [-0.39, 0.29) is 37.5 Å². The Morgan fingerprint density at radius 2 is 1.90 bits per heavy atom. The van der Waals surface area contributed by atoms with Gasteiger partial charge in [-0.3, -0.25) is 14.4 Å². The molecule has 3 aliphatic rings. The van der Waals surface area contributed by atoms with E-state index >= 15 is 0 Å². The summed E-state index contributed by atoms with van der Waals surface area (Å²) in [5, 5.41) is 9.69. The number of aliphatic hydroxyl groups excluding tert-OH is 1. The fourth-order valence-corrected chi connectivity index (χ4v) is 6.94. The summed E-state index contributed by atoms with van der Waals surface area (Å²) in [5.41, 5.74) is -1.46. The van der Waals surface area contributed by atoms with Crippen molar-refractivity contribution < 1.29 is 29.0 Å². The molecule has 1 N–H and O–H groups in total. The van der Waals surface area contributed by atoms with Crippen LogP contribution in [0.5, 0.6) is 0 Å². The maximum absolute atomic E-state index is 14.5. The highest BCUT2D eigenvalue weighted by Crippen LogP contribution is 2.65. The van der Waals surface area contributed by atoms with Gasteiger partial charge in [0.05, 0.1) is 11.5 Å². The summed E-state index contributed by atoms with van der Waals surface area (Å²) in [5.74, 6) is -2.75. The Kier molecular flexibility index (Phi) is 8.88. The average Bonchev–Trinajstić information content (AvgIpc) is 3.42. The van der Waals surface area contributed by atoms with Gasteiger partial charge in [0, 0.05) is 30.4 Å². The van der Waals surface area contributed by atoms with Crippen molar-refractivity contribution in [2.24, 2.45) is 17.8 Å². The number of anilines is 1. The van der Waals surface area contributed by atoms with E-state index in [4.69, 9.17) is 26.2 Å². The van der Waals surface area contributed by atoms with E-state index in [1.165, 1.54) is 6.08 Å². The number of hydrogen-bond donors (Lipinski definition) is 1. The number of amides is 2. The first kappa shape index (κ1) is 29.3. The van der Waals surface area contributed by atoms with E-state index in [0.717, 1.165) is 12.8 Å². The maximum Gasteiger partial charge on any atom is 0.313 e. The number of fused-ring (bicyclic) bond motifs is 1. The summed E-state index contributed by atoms with van der Waals surface area (Å²) in [4.78, 5) is 45.3. The second-order valence-electron chi connectivity index (χ2n) is 11.0. The van der Waals surface area contributed by atoms with Crippen LogP contribution >= 0.6 is 11.6 Å². The molecule has 3 unspecified atom stereocenters. The number of aliphatic hydroxyl groups is 1. The van der Waals surface area contributed by atoms with Gasteiger partial charge in [0.15, 0.2) is 0 Å². The number of ether oxygens (including phenoxy) is 2. The van der Waals surface area contributed by atoms with Gasteiger partial charge in [-0.1, -0.05) is 50.1 Å². The van der Waals surface area contributed by atoms with Crippen molar-refractivity contribution in [3.63, 3.8) is 0 Å². The molecule has 2 amide bonds. The SMILES string of the molecule is C=CCOC(=O)[C@@H]1[C@H]2C(=O)N(CCCCCCO)C(C(=O)N(CC=C)c3ccc(Cl)cc3)C23CC(C)[C@@]1(C)O3. The Bertz CT molecular complexity index is 1110. The highest BCUT2D eigenvalue weighted by molar-refractivity contribution is 6.30. The van der Waals surface area contributed by atoms with Crippen LogP contribution < -0.4 is 4.90 Å². The Morgan fingerprint density at radius 3 is 2.54 bits per heavy atom. The predicted molar refractivity (Wildman–Crippen MR) is 149 cm³/mol. The van der Waals surface area contributed by atoms with Gasteiger partial charge < -0.3 is 24.4 Å². The minimum atomic E-state index is -1.16. The van der Waals surface area contributed by atoms with Crippen molar-refractivity contribution in [2.75, 3.05) is 31.2 Å². The summed E-state index contributed by atoms with van der Waals surface area (Å²) in [6.07, 6.45) is 6.59. The molecule has 39 heavy (non-hydrogen) atoms. The molecule has 1 aromatic rings. The predicted octanol–water partition coefficient (Wildman–Crippen LogP) is 4.15. The summed E-state index contributed by atoms with van der Waals surface area (Å²) in [6.45, 7) is 12.1. The minimum absolute atomic E-state index is 0.0360. The van der Waals surface area contributed by atoms with Crippen molar-refractivity contribution in [1.29, 1.82) is 0 Å². The molecule has 0 aromatic heterocycles. The molecular weight excluding hydrogens is 520 g/mol. The minimum Gasteiger partial charge on any atom is -0.461 e. The topological polar surface area (TPSA) is 96.4 Å². The molecule has 8 nitrogen and oxygen atoms in total. The fourth-order valence-electron chi connectivity index (χ4n) is 6.82. The van der Waals surface area contributed by atoms with Crippen LogP contribution in [0.25, 0.3) is 0 Å². The van der Waals surface area contributed by atoms with E-state index in [9.17, 15) is 14.4 Å². The number of carbonyl (C=O) groups excluding carboxylic acids is 3. The molecule has 3 fully saturated rings. The number of hydrogen-bond acceptors (Lipinski definition) is 6. The first-order chi connectivity index (χ1) is 18.7. The molecular formula is C30H39ClN2O6. The average molecular weight is 559 g/mol. The van der Waals surface area contributed by atoms with Gasteiger partial charge in [-0.2, -0.15) is 0 Å². The zero-order valence-corrected chi connectivity index (χ0v) is 23.6. The molecule has 4 rings (SSSR count). The van der Waals surface area contributed by atoms with E-state index in [1.54, 1.807) is 40.1 Å². The van der Waals surface area contributed by atoms with Gasteiger partial charge in [0.25, 0.3) is 5.91 Å². The zero-order valence-electron chi connectivity index (χ0n) is 22.8. The Balaban J connectivity index is 1.75. The smallest absolute Gasteiger partial charge is 0.313 e. The van der Waals surface area contributed by atoms with Gasteiger partial charge >= 0.3 is 5.97 Å². The second-order valence-corrected chi connectivity index (χ2v) is 11.4. The fraction of sp³-hybridized carbons (Fsp3) is 0.567. The molecule has 0 radical (unpaired) electrons. The van der Waals surface area contributed by atoms with Crippen LogP contribution in [0.4, 0.5) is 5.69 Å². The number of unbranched alkanes of at least 4 members (excludes halogenated alkanes) is 3. The maximum atomic E-state index is 14.5. The van der Waals surface area contributed by atoms with E-state index < -0.39 is 35.0 Å². The van der Waals surface area contributed by atoms with Crippen LogP contribution in [0.15, 0.2) is 49.6 Å². The van der Waals surface area contributed by atoms with Gasteiger partial charge in [-0.25, -0.2) is 0 Å². The van der Waals surface area contributed by atoms with Crippen molar-refractivity contribution in [2.45, 2.75) is 63.2 Å². The Hall–Kier alpha value is -2.68. The summed E-state index contributed by atoms with van der Waals surface area (Å²) in [6, 6.07) is 6.05. The van der Waals surface area contributed by atoms with Crippen LogP contribution in [0, 0.1) is 17.8 Å². The molecule has 0 aliphatic carbocycles. The lowest BCUT2D eigenvalue weighted by Gasteiger charge is -2.37. The quantitative estimate of drug-likeness (QED) is 0.222. The summed E-state index contributed by atoms with van der Waals surface area (Å²) < 4.78 is 12.2. The molecule has 3 aliphatic heterocycles. The first-order valence-corrected chi connectivity index (χ1v) is 14.1. The molecule has 9 heteroatoms. The van der Waals surface area contributed by atoms with Crippen molar-refractivity contribution in [3.05, 3.63) is 54.6 Å². The molecule has 2 bridgehead atoms. The van der Waals surface area contributed by atoms with Gasteiger partial charge in [0.2, 0.25) is 5.91 Å². The number of rotatable bonds is 13. The molecule has 6 atom stereocenters. The molecule has 3 heterocycles. The Labute approximate surface area is 235 Å². The molecule has 3 saturated heterocycles. The van der Waals surface area contributed by atoms with Gasteiger partial charge in [0.1, 0.15) is 24.2 Å². The third kappa shape index (κ3) is 5.03. The standard InChI is InChI=1S/C30H39ClN2O6/c1-5-15-32(22-13-11-21(31)12-14-22)27(36)25-30-19-20(3)29(4,39-30)24(28(37)38-18-6-2)23(30)26(35)33(25)16-9-7-8-10-17-34/h5-6,11-14,20,23-25,34H,1-2,7-10,15-19H2,3-4H3/t20?,23-,24-,25?,29+,30?/m0/s1. The number of esters is 1. The lowest BCUT2D eigenvalue weighted by Crippen LogP contribution is -2.57. The molecule has 1 aromatic carbocycles. The third-order valence-corrected chi connectivity index (χ3v) is 8.92. The van der Waals surface area contributed by atoms with Crippen molar-refractivity contribution in [1.82, 2.24) is 4.90 Å². The lowest BCUT2D eigenvalue weighted by atomic mass is 9.62. The second kappa shape index (κ2) is 11.8. The van der Waals surface area contributed by atoms with Crippen LogP contribution in [-0.2, 0) is 23.9 Å². The first-order valence-electron chi connectivity index (χ1n) is 13.7. The highest BCUT2D eigenvalue weighted by atomic mass is 35.5. The molecule has 1 spiro atoms. The normalized spacial score (nSPS) is 30.8. The van der Waals surface area contributed by atoms with Crippen LogP contribution in [0.3, 0.4) is 0 Å². The third-order valence-electron chi connectivity index (χ3n) is 8.67. The lowest BCUT2D eigenvalue weighted by molar-refractivity contribution is -0.160. The van der Waals surface area contributed by atoms with Crippen LogP contribution in [0.2, 0.25) is 5.02 Å². The number of halogens is 1. The van der Waals surface area contributed by atoms with Crippen LogP contribution in [0.1, 0.15) is 46.0 Å². The summed E-state index contributed by atoms with van der Waals surface area (Å²) in [7, 11) is 0. The van der Waals surface area contributed by atoms with Crippen molar-refractivity contribution >= 4 is 35.1 Å². The van der Waals surface area contributed by atoms with Crippen molar-refractivity contribution in [3.8, 4) is 0 Å². The highest BCUT2D eigenvalue weighted by Gasteiger charge is 2.80.